The third-order valence-electron chi connectivity index (χ3n) is 4.50. The summed E-state index contributed by atoms with van der Waals surface area (Å²) < 4.78 is 0. The van der Waals surface area contributed by atoms with Crippen LogP contribution in [-0.4, -0.2) is 11.8 Å². The number of nitrogens with one attached hydrogen (secondary N) is 2. The second kappa shape index (κ2) is 6.89. The lowest BCUT2D eigenvalue weighted by Gasteiger charge is -2.16. The molecule has 1 aliphatic carbocycles. The summed E-state index contributed by atoms with van der Waals surface area (Å²) in [7, 11) is 0. The summed E-state index contributed by atoms with van der Waals surface area (Å²) in [4.78, 5) is 25.2. The number of rotatable bonds is 5. The van der Waals surface area contributed by atoms with E-state index in [0.717, 1.165) is 22.4 Å². The van der Waals surface area contributed by atoms with Crippen LogP contribution in [0.3, 0.4) is 0 Å². The molecule has 0 atom stereocenters. The molecule has 25 heavy (non-hydrogen) atoms. The average molecular weight is 357 g/mol. The zero-order chi connectivity index (χ0) is 18.0. The molecule has 0 spiro atoms. The Bertz CT molecular complexity index is 808. The van der Waals surface area contributed by atoms with E-state index < -0.39 is 5.41 Å². The van der Waals surface area contributed by atoms with Crippen molar-refractivity contribution in [3.63, 3.8) is 0 Å². The number of amides is 2. The van der Waals surface area contributed by atoms with Gasteiger partial charge in [-0.2, -0.15) is 0 Å². The number of hydrogen-bond donors (Lipinski definition) is 2. The molecule has 5 heteroatoms. The molecular formula is C20H21ClN2O2. The van der Waals surface area contributed by atoms with Gasteiger partial charge in [-0.15, -0.1) is 0 Å². The van der Waals surface area contributed by atoms with Gasteiger partial charge in [-0.3, -0.25) is 9.59 Å². The largest absolute Gasteiger partial charge is 0.351 e. The SMILES string of the molecule is Cc1cc(C)cc(NC(=O)C2(C(=O)NCc3ccccc3Cl)CC2)c1. The first-order valence-corrected chi connectivity index (χ1v) is 8.70. The van der Waals surface area contributed by atoms with Crippen molar-refractivity contribution in [2.45, 2.75) is 33.2 Å². The minimum Gasteiger partial charge on any atom is -0.351 e. The van der Waals surface area contributed by atoms with Crippen LogP contribution in [-0.2, 0) is 16.1 Å². The van der Waals surface area contributed by atoms with E-state index in [0.29, 0.717) is 24.4 Å². The second-order valence-corrected chi connectivity index (χ2v) is 7.09. The maximum Gasteiger partial charge on any atom is 0.240 e. The van der Waals surface area contributed by atoms with Gasteiger partial charge in [0, 0.05) is 17.3 Å². The van der Waals surface area contributed by atoms with Gasteiger partial charge in [-0.25, -0.2) is 0 Å². The highest BCUT2D eigenvalue weighted by atomic mass is 35.5. The molecule has 0 unspecified atom stereocenters. The third-order valence-corrected chi connectivity index (χ3v) is 4.86. The zero-order valence-corrected chi connectivity index (χ0v) is 15.1. The molecule has 0 heterocycles. The number of hydrogen-bond acceptors (Lipinski definition) is 2. The van der Waals surface area contributed by atoms with E-state index in [2.05, 4.69) is 10.6 Å². The lowest BCUT2D eigenvalue weighted by Crippen LogP contribution is -2.39. The summed E-state index contributed by atoms with van der Waals surface area (Å²) >= 11 is 6.11. The van der Waals surface area contributed by atoms with E-state index in [1.54, 1.807) is 6.07 Å². The Kier molecular flexibility index (Phi) is 4.82. The highest BCUT2D eigenvalue weighted by Crippen LogP contribution is 2.47. The van der Waals surface area contributed by atoms with Crippen LogP contribution in [0.2, 0.25) is 5.02 Å². The van der Waals surface area contributed by atoms with Gasteiger partial charge in [0.2, 0.25) is 11.8 Å². The highest BCUT2D eigenvalue weighted by Gasteiger charge is 2.56. The first-order chi connectivity index (χ1) is 11.9. The Balaban J connectivity index is 1.65. The molecule has 2 aromatic rings. The quantitative estimate of drug-likeness (QED) is 0.796. The Morgan fingerprint density at radius 2 is 1.68 bits per heavy atom. The smallest absolute Gasteiger partial charge is 0.240 e. The van der Waals surface area contributed by atoms with Crippen LogP contribution in [0.4, 0.5) is 5.69 Å². The molecule has 2 aromatic carbocycles. The summed E-state index contributed by atoms with van der Waals surface area (Å²) in [5, 5.41) is 6.34. The minimum absolute atomic E-state index is 0.241. The fourth-order valence-corrected chi connectivity index (χ4v) is 3.17. The summed E-state index contributed by atoms with van der Waals surface area (Å²) in [6.07, 6.45) is 1.13. The number of carbonyl (C=O) groups is 2. The minimum atomic E-state index is -0.959. The van der Waals surface area contributed by atoms with Crippen LogP contribution in [0, 0.1) is 19.3 Å². The lowest BCUT2D eigenvalue weighted by molar-refractivity contribution is -0.134. The van der Waals surface area contributed by atoms with Crippen molar-refractivity contribution in [2.24, 2.45) is 5.41 Å². The number of aryl methyl sites for hydroxylation is 2. The van der Waals surface area contributed by atoms with Crippen molar-refractivity contribution in [3.8, 4) is 0 Å². The molecule has 3 rings (SSSR count). The molecule has 2 amide bonds. The van der Waals surface area contributed by atoms with E-state index in [-0.39, 0.29) is 11.8 Å². The van der Waals surface area contributed by atoms with Gasteiger partial charge in [0.1, 0.15) is 5.41 Å². The van der Waals surface area contributed by atoms with Crippen molar-refractivity contribution in [1.82, 2.24) is 5.32 Å². The average Bonchev–Trinajstić information content (AvgIpc) is 3.34. The van der Waals surface area contributed by atoms with Crippen molar-refractivity contribution >= 4 is 29.1 Å². The molecule has 0 aromatic heterocycles. The van der Waals surface area contributed by atoms with E-state index in [4.69, 9.17) is 11.6 Å². The topological polar surface area (TPSA) is 58.2 Å². The number of anilines is 1. The van der Waals surface area contributed by atoms with Crippen molar-refractivity contribution in [2.75, 3.05) is 5.32 Å². The molecule has 0 saturated heterocycles. The van der Waals surface area contributed by atoms with Gasteiger partial charge in [0.15, 0.2) is 0 Å². The van der Waals surface area contributed by atoms with Gasteiger partial charge in [-0.1, -0.05) is 35.9 Å². The summed E-state index contributed by atoms with van der Waals surface area (Å²) in [6.45, 7) is 4.27. The first kappa shape index (κ1) is 17.5. The molecule has 1 fully saturated rings. The fraction of sp³-hybridized carbons (Fsp3) is 0.300. The Labute approximate surface area is 152 Å². The molecule has 1 saturated carbocycles. The lowest BCUT2D eigenvalue weighted by atomic mass is 10.0. The second-order valence-electron chi connectivity index (χ2n) is 6.69. The highest BCUT2D eigenvalue weighted by molar-refractivity contribution is 6.31. The van der Waals surface area contributed by atoms with Crippen LogP contribution in [0.15, 0.2) is 42.5 Å². The molecule has 130 valence electrons. The summed E-state index contributed by atoms with van der Waals surface area (Å²) in [5.74, 6) is -0.483. The summed E-state index contributed by atoms with van der Waals surface area (Å²) in [6, 6.07) is 13.2. The van der Waals surface area contributed by atoms with Crippen molar-refractivity contribution < 1.29 is 9.59 Å². The first-order valence-electron chi connectivity index (χ1n) is 8.32. The molecule has 1 aliphatic rings. The number of carbonyl (C=O) groups excluding carboxylic acids is 2. The molecule has 2 N–H and O–H groups in total. The van der Waals surface area contributed by atoms with Gasteiger partial charge in [0.25, 0.3) is 0 Å². The van der Waals surface area contributed by atoms with Gasteiger partial charge in [0.05, 0.1) is 0 Å². The predicted molar refractivity (Wildman–Crippen MR) is 99.5 cm³/mol. The zero-order valence-electron chi connectivity index (χ0n) is 14.4. The van der Waals surface area contributed by atoms with E-state index in [9.17, 15) is 9.59 Å². The third kappa shape index (κ3) is 3.85. The maximum absolute atomic E-state index is 12.6. The van der Waals surface area contributed by atoms with Gasteiger partial charge < -0.3 is 10.6 Å². The van der Waals surface area contributed by atoms with E-state index >= 15 is 0 Å². The Morgan fingerprint density at radius 1 is 1.04 bits per heavy atom. The van der Waals surface area contributed by atoms with Gasteiger partial charge in [-0.05, 0) is 61.6 Å². The number of benzene rings is 2. The van der Waals surface area contributed by atoms with Crippen molar-refractivity contribution in [3.05, 3.63) is 64.2 Å². The molecular weight excluding hydrogens is 336 g/mol. The monoisotopic (exact) mass is 356 g/mol. The van der Waals surface area contributed by atoms with Crippen LogP contribution in [0.25, 0.3) is 0 Å². The Hall–Kier alpha value is -2.33. The number of halogens is 1. The molecule has 0 radical (unpaired) electrons. The Morgan fingerprint density at radius 3 is 2.28 bits per heavy atom. The van der Waals surface area contributed by atoms with E-state index in [1.165, 1.54) is 0 Å². The van der Waals surface area contributed by atoms with Crippen molar-refractivity contribution in [1.29, 1.82) is 0 Å². The molecule has 4 nitrogen and oxygen atoms in total. The fourth-order valence-electron chi connectivity index (χ4n) is 2.97. The summed E-state index contributed by atoms with van der Waals surface area (Å²) in [5.41, 5.74) is 2.75. The van der Waals surface area contributed by atoms with Crippen LogP contribution >= 0.6 is 11.6 Å². The van der Waals surface area contributed by atoms with Crippen LogP contribution in [0.5, 0.6) is 0 Å². The van der Waals surface area contributed by atoms with Crippen LogP contribution in [0.1, 0.15) is 29.5 Å². The molecule has 0 bridgehead atoms. The predicted octanol–water partition coefficient (Wildman–Crippen LogP) is 3.99. The standard InChI is InChI=1S/C20H21ClN2O2/c1-13-9-14(2)11-16(10-13)23-19(25)20(7-8-20)18(24)22-12-15-5-3-4-6-17(15)21/h3-6,9-11H,7-8,12H2,1-2H3,(H,22,24)(H,23,25). The maximum atomic E-state index is 12.6. The van der Waals surface area contributed by atoms with E-state index in [1.807, 2.05) is 50.2 Å². The van der Waals surface area contributed by atoms with Crippen LogP contribution < -0.4 is 10.6 Å². The normalized spacial score (nSPS) is 14.7. The van der Waals surface area contributed by atoms with Gasteiger partial charge >= 0.3 is 0 Å². The molecule has 0 aliphatic heterocycles.